The van der Waals surface area contributed by atoms with Crippen LogP contribution in [0, 0.1) is 13.8 Å². The van der Waals surface area contributed by atoms with E-state index in [2.05, 4.69) is 0 Å². The molecule has 0 radical (unpaired) electrons. The van der Waals surface area contributed by atoms with Crippen LogP contribution in [0.4, 0.5) is 0 Å². The topological polar surface area (TPSA) is 25.2 Å². The second-order valence-corrected chi connectivity index (χ2v) is 2.61. The number of hydrogen-bond donors (Lipinski definition) is 0. The van der Waals surface area contributed by atoms with Crippen molar-refractivity contribution in [2.75, 3.05) is 12.1 Å². The second kappa shape index (κ2) is 2.78. The van der Waals surface area contributed by atoms with Gasteiger partial charge in [-0.2, -0.15) is 0 Å². The van der Waals surface area contributed by atoms with Gasteiger partial charge in [-0.1, -0.05) is 0 Å². The van der Waals surface area contributed by atoms with Gasteiger partial charge in [0.2, 0.25) is 6.41 Å². The molecule has 0 aromatic carbocycles. The fourth-order valence-electron chi connectivity index (χ4n) is 1.21. The van der Waals surface area contributed by atoms with Gasteiger partial charge < -0.3 is 0 Å². The highest BCUT2D eigenvalue weighted by molar-refractivity contribution is 5.60. The Morgan fingerprint density at radius 2 is 1.82 bits per heavy atom. The summed E-state index contributed by atoms with van der Waals surface area (Å²) in [7, 11) is 1.73. The van der Waals surface area contributed by atoms with E-state index >= 15 is 0 Å². The molecule has 0 aliphatic heterocycles. The monoisotopic (exact) mass is 152 g/mol. The van der Waals surface area contributed by atoms with Crippen molar-refractivity contribution in [3.8, 4) is 0 Å². The third-order valence-corrected chi connectivity index (χ3v) is 1.70. The lowest BCUT2D eigenvalue weighted by Gasteiger charge is -2.16. The van der Waals surface area contributed by atoms with Crippen molar-refractivity contribution < 1.29 is 4.79 Å². The average molecular weight is 152 g/mol. The molecule has 0 unspecified atom stereocenters. The summed E-state index contributed by atoms with van der Waals surface area (Å²) in [6.07, 6.45) is 0.792. The van der Waals surface area contributed by atoms with Gasteiger partial charge in [-0.25, -0.2) is 0 Å². The summed E-state index contributed by atoms with van der Waals surface area (Å²) in [5, 5.41) is 1.52. The first kappa shape index (κ1) is 7.85. The van der Waals surface area contributed by atoms with Crippen LogP contribution in [0.15, 0.2) is 12.1 Å². The summed E-state index contributed by atoms with van der Waals surface area (Å²) < 4.78 is 1.85. The molecule has 11 heavy (non-hydrogen) atoms. The molecule has 0 N–H and O–H groups in total. The minimum atomic E-state index is 0.792. The molecular weight excluding hydrogens is 140 g/mol. The van der Waals surface area contributed by atoms with Crippen molar-refractivity contribution >= 4 is 6.41 Å². The van der Waals surface area contributed by atoms with Gasteiger partial charge in [-0.05, 0) is 26.0 Å². The van der Waals surface area contributed by atoms with E-state index in [0.29, 0.717) is 0 Å². The summed E-state index contributed by atoms with van der Waals surface area (Å²) in [4.78, 5) is 10.4. The molecular formula is C8H12N2O. The number of carbonyl (C=O) groups is 1. The van der Waals surface area contributed by atoms with Gasteiger partial charge in [0.15, 0.2) is 0 Å². The van der Waals surface area contributed by atoms with Gasteiger partial charge in [0, 0.05) is 18.4 Å². The molecule has 1 amide bonds. The Labute approximate surface area is 66.2 Å². The molecule has 3 nitrogen and oxygen atoms in total. The molecule has 1 heterocycles. The Kier molecular flexibility index (Phi) is 1.98. The lowest BCUT2D eigenvalue weighted by Crippen LogP contribution is -2.29. The summed E-state index contributed by atoms with van der Waals surface area (Å²) >= 11 is 0. The lowest BCUT2D eigenvalue weighted by atomic mass is 10.5. The number of carbonyl (C=O) groups excluding carboxylic acids is 1. The van der Waals surface area contributed by atoms with Crippen LogP contribution in [-0.2, 0) is 4.79 Å². The summed E-state index contributed by atoms with van der Waals surface area (Å²) in [5.74, 6) is 0. The van der Waals surface area contributed by atoms with E-state index in [1.54, 1.807) is 7.05 Å². The second-order valence-electron chi connectivity index (χ2n) is 2.61. The molecule has 3 heteroatoms. The van der Waals surface area contributed by atoms with Gasteiger partial charge in [-0.15, -0.1) is 0 Å². The number of amides is 1. The fourth-order valence-corrected chi connectivity index (χ4v) is 1.21. The first-order valence-electron chi connectivity index (χ1n) is 3.50. The minimum absolute atomic E-state index is 0.792. The third kappa shape index (κ3) is 1.27. The van der Waals surface area contributed by atoms with Crippen molar-refractivity contribution in [3.63, 3.8) is 0 Å². The zero-order valence-electron chi connectivity index (χ0n) is 7.03. The molecule has 0 bridgehead atoms. The number of hydrogen-bond acceptors (Lipinski definition) is 1. The van der Waals surface area contributed by atoms with E-state index in [-0.39, 0.29) is 0 Å². The molecule has 1 aromatic rings. The lowest BCUT2D eigenvalue weighted by molar-refractivity contribution is -0.108. The molecule has 0 saturated carbocycles. The van der Waals surface area contributed by atoms with Crippen LogP contribution in [-0.4, -0.2) is 18.1 Å². The highest BCUT2D eigenvalue weighted by Crippen LogP contribution is 2.05. The Balaban J connectivity index is 3.09. The predicted octanol–water partition coefficient (Wildman–Crippen LogP) is 0.829. The van der Waals surface area contributed by atoms with E-state index in [4.69, 9.17) is 0 Å². The molecule has 0 aliphatic rings. The van der Waals surface area contributed by atoms with Crippen molar-refractivity contribution in [3.05, 3.63) is 23.5 Å². The van der Waals surface area contributed by atoms with Gasteiger partial charge in [0.25, 0.3) is 0 Å². The van der Waals surface area contributed by atoms with Crippen LogP contribution < -0.4 is 5.01 Å². The van der Waals surface area contributed by atoms with Crippen molar-refractivity contribution in [1.29, 1.82) is 0 Å². The van der Waals surface area contributed by atoms with Gasteiger partial charge in [0.1, 0.15) is 0 Å². The van der Waals surface area contributed by atoms with Crippen LogP contribution in [0.2, 0.25) is 0 Å². The molecule has 1 rings (SSSR count). The first-order valence-corrected chi connectivity index (χ1v) is 3.50. The third-order valence-electron chi connectivity index (χ3n) is 1.70. The predicted molar refractivity (Wildman–Crippen MR) is 44.1 cm³/mol. The maximum Gasteiger partial charge on any atom is 0.228 e. The summed E-state index contributed by atoms with van der Waals surface area (Å²) in [6.45, 7) is 3.93. The van der Waals surface area contributed by atoms with Crippen LogP contribution in [0.25, 0.3) is 0 Å². The number of nitrogens with zero attached hydrogens (tertiary/aromatic N) is 2. The molecule has 1 aromatic heterocycles. The standard InChI is InChI=1S/C8H12N2O/c1-7-4-5-8(2)10(7)9(3)6-11/h4-6H,1-3H3. The van der Waals surface area contributed by atoms with Crippen LogP contribution in [0.3, 0.4) is 0 Å². The highest BCUT2D eigenvalue weighted by Gasteiger charge is 2.02. The summed E-state index contributed by atoms with van der Waals surface area (Å²) in [6, 6.07) is 3.96. The smallest absolute Gasteiger partial charge is 0.228 e. The molecule has 60 valence electrons. The minimum Gasteiger partial charge on any atom is -0.277 e. The molecule has 0 atom stereocenters. The van der Waals surface area contributed by atoms with Crippen molar-refractivity contribution in [2.45, 2.75) is 13.8 Å². The van der Waals surface area contributed by atoms with Crippen molar-refractivity contribution in [1.82, 2.24) is 4.68 Å². The van der Waals surface area contributed by atoms with Crippen LogP contribution in [0.1, 0.15) is 11.4 Å². The SMILES string of the molecule is Cc1ccc(C)n1N(C)C=O. The molecule has 0 spiro atoms. The Hall–Kier alpha value is -1.25. The van der Waals surface area contributed by atoms with Gasteiger partial charge in [0.05, 0.1) is 0 Å². The number of aryl methyl sites for hydroxylation is 2. The zero-order chi connectivity index (χ0) is 8.43. The Bertz CT molecular complexity index is 246. The first-order chi connectivity index (χ1) is 5.16. The van der Waals surface area contributed by atoms with E-state index in [1.165, 1.54) is 5.01 Å². The summed E-state index contributed by atoms with van der Waals surface area (Å²) in [5.41, 5.74) is 2.13. The van der Waals surface area contributed by atoms with E-state index in [0.717, 1.165) is 17.8 Å². The normalized spacial score (nSPS) is 9.73. The van der Waals surface area contributed by atoms with Gasteiger partial charge in [-0.3, -0.25) is 14.5 Å². The Morgan fingerprint density at radius 3 is 2.18 bits per heavy atom. The zero-order valence-corrected chi connectivity index (χ0v) is 7.03. The molecule has 0 saturated heterocycles. The van der Waals surface area contributed by atoms with E-state index in [9.17, 15) is 4.79 Å². The van der Waals surface area contributed by atoms with Crippen LogP contribution in [0.5, 0.6) is 0 Å². The van der Waals surface area contributed by atoms with E-state index in [1.807, 2.05) is 30.7 Å². The highest BCUT2D eigenvalue weighted by atomic mass is 16.1. The Morgan fingerprint density at radius 1 is 1.36 bits per heavy atom. The number of aromatic nitrogens is 1. The van der Waals surface area contributed by atoms with Gasteiger partial charge >= 0.3 is 0 Å². The maximum atomic E-state index is 10.4. The number of rotatable bonds is 2. The maximum absolute atomic E-state index is 10.4. The van der Waals surface area contributed by atoms with E-state index < -0.39 is 0 Å². The fraction of sp³-hybridized carbons (Fsp3) is 0.375. The average Bonchev–Trinajstić information content (AvgIpc) is 2.30. The quantitative estimate of drug-likeness (QED) is 0.576. The van der Waals surface area contributed by atoms with Crippen LogP contribution >= 0.6 is 0 Å². The molecule has 0 aliphatic carbocycles. The van der Waals surface area contributed by atoms with Crippen molar-refractivity contribution in [2.24, 2.45) is 0 Å². The largest absolute Gasteiger partial charge is 0.277 e. The molecule has 0 fully saturated rings.